The van der Waals surface area contributed by atoms with Gasteiger partial charge in [0.2, 0.25) is 5.91 Å². The van der Waals surface area contributed by atoms with Gasteiger partial charge in [0.15, 0.2) is 6.61 Å². The number of aryl methyl sites for hydroxylation is 1. The van der Waals surface area contributed by atoms with E-state index in [2.05, 4.69) is 10.6 Å². The number of rotatable bonds is 10. The minimum atomic E-state index is -0.545. The summed E-state index contributed by atoms with van der Waals surface area (Å²) in [4.78, 5) is 35.8. The number of ether oxygens (including phenoxy) is 2. The zero-order chi connectivity index (χ0) is 24.3. The van der Waals surface area contributed by atoms with Crippen molar-refractivity contribution >= 4 is 40.8 Å². The van der Waals surface area contributed by atoms with Gasteiger partial charge in [-0.2, -0.15) is 0 Å². The van der Waals surface area contributed by atoms with Crippen molar-refractivity contribution < 1.29 is 23.9 Å². The third-order valence-corrected chi connectivity index (χ3v) is 4.89. The minimum absolute atomic E-state index is 0.0327. The largest absolute Gasteiger partial charge is 0.457 e. The zero-order valence-corrected chi connectivity index (χ0v) is 19.4. The molecule has 3 aromatic carbocycles. The molecule has 7 nitrogen and oxygen atoms in total. The predicted octanol–water partition coefficient (Wildman–Crippen LogP) is 5.73. The first kappa shape index (κ1) is 24.8. The van der Waals surface area contributed by atoms with Crippen molar-refractivity contribution in [3.8, 4) is 11.5 Å². The number of amides is 2. The van der Waals surface area contributed by atoms with E-state index in [-0.39, 0.29) is 18.7 Å². The van der Waals surface area contributed by atoms with Crippen LogP contribution < -0.4 is 15.4 Å². The van der Waals surface area contributed by atoms with Gasteiger partial charge in [0, 0.05) is 29.2 Å². The Labute approximate surface area is 203 Å². The molecule has 0 aliphatic heterocycles. The summed E-state index contributed by atoms with van der Waals surface area (Å²) in [7, 11) is 0. The van der Waals surface area contributed by atoms with Crippen LogP contribution in [0.25, 0.3) is 0 Å². The summed E-state index contributed by atoms with van der Waals surface area (Å²) in [6.45, 7) is 1.59. The first-order valence-electron chi connectivity index (χ1n) is 10.7. The monoisotopic (exact) mass is 480 g/mol. The van der Waals surface area contributed by atoms with Crippen LogP contribution in [-0.4, -0.2) is 24.4 Å². The van der Waals surface area contributed by atoms with Crippen molar-refractivity contribution in [3.05, 3.63) is 83.4 Å². The summed E-state index contributed by atoms with van der Waals surface area (Å²) in [6, 6.07) is 21.3. The van der Waals surface area contributed by atoms with E-state index in [1.165, 1.54) is 0 Å². The molecule has 3 aromatic rings. The Morgan fingerprint density at radius 2 is 1.44 bits per heavy atom. The third kappa shape index (κ3) is 8.60. The highest BCUT2D eigenvalue weighted by atomic mass is 35.5. The van der Waals surface area contributed by atoms with Gasteiger partial charge in [0.1, 0.15) is 11.5 Å². The van der Waals surface area contributed by atoms with E-state index in [0.717, 1.165) is 11.3 Å². The van der Waals surface area contributed by atoms with E-state index in [4.69, 9.17) is 21.1 Å². The van der Waals surface area contributed by atoms with Crippen molar-refractivity contribution in [2.75, 3.05) is 17.2 Å². The molecule has 0 radical (unpaired) electrons. The molecule has 3 rings (SSSR count). The fourth-order valence-corrected chi connectivity index (χ4v) is 3.11. The van der Waals surface area contributed by atoms with Gasteiger partial charge >= 0.3 is 5.97 Å². The lowest BCUT2D eigenvalue weighted by atomic mass is 10.2. The van der Waals surface area contributed by atoms with Crippen molar-refractivity contribution in [1.82, 2.24) is 0 Å². The molecule has 0 saturated heterocycles. The summed E-state index contributed by atoms with van der Waals surface area (Å²) < 4.78 is 10.7. The van der Waals surface area contributed by atoms with Gasteiger partial charge in [-0.1, -0.05) is 23.7 Å². The molecule has 0 aliphatic rings. The Bertz CT molecular complexity index is 1130. The zero-order valence-electron chi connectivity index (χ0n) is 18.7. The maximum Gasteiger partial charge on any atom is 0.306 e. The highest BCUT2D eigenvalue weighted by Gasteiger charge is 2.10. The first-order chi connectivity index (χ1) is 16.4. The molecular formula is C26H25ClN2O5. The second-order valence-corrected chi connectivity index (χ2v) is 8.00. The second kappa shape index (κ2) is 12.4. The van der Waals surface area contributed by atoms with E-state index in [0.29, 0.717) is 28.6 Å². The molecule has 0 aliphatic carbocycles. The number of hydrogen-bond donors (Lipinski definition) is 2. The molecule has 176 valence electrons. The Hall–Kier alpha value is -3.84. The fraction of sp³-hybridized carbons (Fsp3) is 0.192. The average Bonchev–Trinajstić information content (AvgIpc) is 2.80. The third-order valence-electron chi connectivity index (χ3n) is 4.64. The van der Waals surface area contributed by atoms with Crippen LogP contribution in [0.3, 0.4) is 0 Å². The predicted molar refractivity (Wildman–Crippen MR) is 131 cm³/mol. The fourth-order valence-electron chi connectivity index (χ4n) is 2.99. The molecule has 0 spiro atoms. The maximum absolute atomic E-state index is 12.1. The molecule has 0 aromatic heterocycles. The number of carbonyl (C=O) groups excluding carboxylic acids is 3. The van der Waals surface area contributed by atoms with Crippen LogP contribution in [0.4, 0.5) is 11.4 Å². The Kier molecular flexibility index (Phi) is 9.05. The highest BCUT2D eigenvalue weighted by molar-refractivity contribution is 6.30. The number of hydrogen-bond acceptors (Lipinski definition) is 5. The van der Waals surface area contributed by atoms with Gasteiger partial charge in [-0.15, -0.1) is 0 Å². The summed E-state index contributed by atoms with van der Waals surface area (Å²) in [6.07, 6.45) is 0.483. The van der Waals surface area contributed by atoms with Crippen LogP contribution in [0.15, 0.2) is 72.8 Å². The second-order valence-electron chi connectivity index (χ2n) is 7.56. The maximum atomic E-state index is 12.1. The lowest BCUT2D eigenvalue weighted by Crippen LogP contribution is -2.21. The highest BCUT2D eigenvalue weighted by Crippen LogP contribution is 2.23. The molecule has 34 heavy (non-hydrogen) atoms. The molecule has 0 fully saturated rings. The molecule has 2 amide bonds. The quantitative estimate of drug-likeness (QED) is 0.361. The van der Waals surface area contributed by atoms with E-state index in [1.54, 1.807) is 48.5 Å². The number of benzene rings is 3. The average molecular weight is 481 g/mol. The van der Waals surface area contributed by atoms with Crippen LogP contribution in [0.5, 0.6) is 11.5 Å². The number of nitrogens with one attached hydrogen (secondary N) is 2. The van der Waals surface area contributed by atoms with Gasteiger partial charge in [-0.3, -0.25) is 14.4 Å². The van der Waals surface area contributed by atoms with Gasteiger partial charge in [-0.25, -0.2) is 0 Å². The Morgan fingerprint density at radius 3 is 2.12 bits per heavy atom. The SMILES string of the molecule is Cc1cccc(Oc2ccc(NC(=O)CCCC(=O)OCC(=O)Nc3ccc(Cl)cc3)cc2)c1. The molecule has 2 N–H and O–H groups in total. The van der Waals surface area contributed by atoms with Crippen molar-refractivity contribution in [2.45, 2.75) is 26.2 Å². The van der Waals surface area contributed by atoms with Crippen molar-refractivity contribution in [3.63, 3.8) is 0 Å². The van der Waals surface area contributed by atoms with Crippen molar-refractivity contribution in [2.24, 2.45) is 0 Å². The van der Waals surface area contributed by atoms with E-state index >= 15 is 0 Å². The van der Waals surface area contributed by atoms with Gasteiger partial charge in [0.25, 0.3) is 5.91 Å². The number of esters is 1. The molecule has 0 bridgehead atoms. The van der Waals surface area contributed by atoms with Gasteiger partial charge in [0.05, 0.1) is 0 Å². The molecule has 0 unspecified atom stereocenters. The summed E-state index contributed by atoms with van der Waals surface area (Å²) in [5.74, 6) is 0.179. The Morgan fingerprint density at radius 1 is 0.794 bits per heavy atom. The minimum Gasteiger partial charge on any atom is -0.457 e. The van der Waals surface area contributed by atoms with E-state index in [1.807, 2.05) is 31.2 Å². The van der Waals surface area contributed by atoms with Crippen LogP contribution in [0, 0.1) is 6.92 Å². The molecule has 0 saturated carbocycles. The van der Waals surface area contributed by atoms with Gasteiger partial charge in [-0.05, 0) is 79.6 Å². The summed E-state index contributed by atoms with van der Waals surface area (Å²) in [5, 5.41) is 5.93. The summed E-state index contributed by atoms with van der Waals surface area (Å²) in [5.41, 5.74) is 2.28. The van der Waals surface area contributed by atoms with Crippen molar-refractivity contribution in [1.29, 1.82) is 0 Å². The van der Waals surface area contributed by atoms with Crippen LogP contribution in [-0.2, 0) is 19.1 Å². The Balaban J connectivity index is 1.32. The lowest BCUT2D eigenvalue weighted by molar-refractivity contribution is -0.147. The number of halogens is 1. The molecule has 0 heterocycles. The topological polar surface area (TPSA) is 93.7 Å². The van der Waals surface area contributed by atoms with Crippen LogP contribution in [0.1, 0.15) is 24.8 Å². The number of carbonyl (C=O) groups is 3. The standard InChI is InChI=1S/C26H25ClN2O5/c1-18-4-2-5-23(16-18)34-22-14-12-21(13-15-22)28-24(30)6-3-7-26(32)33-17-25(31)29-20-10-8-19(27)9-11-20/h2,4-5,8-16H,3,6-7,17H2,1H3,(H,28,30)(H,29,31). The van der Waals surface area contributed by atoms with E-state index in [9.17, 15) is 14.4 Å². The molecule has 8 heteroatoms. The molecular weight excluding hydrogens is 456 g/mol. The van der Waals surface area contributed by atoms with Gasteiger partial charge < -0.3 is 20.1 Å². The van der Waals surface area contributed by atoms with Crippen LogP contribution >= 0.6 is 11.6 Å². The number of anilines is 2. The summed E-state index contributed by atoms with van der Waals surface area (Å²) >= 11 is 5.79. The first-order valence-corrected chi connectivity index (χ1v) is 11.1. The molecule has 0 atom stereocenters. The lowest BCUT2D eigenvalue weighted by Gasteiger charge is -2.09. The smallest absolute Gasteiger partial charge is 0.306 e. The van der Waals surface area contributed by atoms with Crippen LogP contribution in [0.2, 0.25) is 5.02 Å². The normalized spacial score (nSPS) is 10.3. The van der Waals surface area contributed by atoms with E-state index < -0.39 is 18.5 Å².